The normalized spacial score (nSPS) is 16.4. The van der Waals surface area contributed by atoms with Crippen LogP contribution in [0, 0.1) is 5.82 Å². The summed E-state index contributed by atoms with van der Waals surface area (Å²) in [6.45, 7) is 4.03. The molecule has 3 rings (SSSR count). The van der Waals surface area contributed by atoms with Crippen molar-refractivity contribution >= 4 is 22.7 Å². The third-order valence-corrected chi connectivity index (χ3v) is 4.80. The zero-order chi connectivity index (χ0) is 13.9. The van der Waals surface area contributed by atoms with Gasteiger partial charge in [0.2, 0.25) is 0 Å². The molecule has 0 spiro atoms. The van der Waals surface area contributed by atoms with Crippen molar-refractivity contribution in [3.05, 3.63) is 46.4 Å². The second-order valence-corrected chi connectivity index (χ2v) is 6.22. The number of rotatable bonds is 4. The van der Waals surface area contributed by atoms with E-state index in [0.29, 0.717) is 0 Å². The van der Waals surface area contributed by atoms with Gasteiger partial charge in [-0.15, -0.1) is 11.3 Å². The molecular formula is C16H19FN2S. The van der Waals surface area contributed by atoms with E-state index in [0.717, 1.165) is 37.3 Å². The van der Waals surface area contributed by atoms with Gasteiger partial charge in [-0.1, -0.05) is 6.07 Å². The van der Waals surface area contributed by atoms with E-state index in [1.54, 1.807) is 17.4 Å². The summed E-state index contributed by atoms with van der Waals surface area (Å²) in [5.41, 5.74) is 1.57. The van der Waals surface area contributed by atoms with E-state index >= 15 is 0 Å². The van der Waals surface area contributed by atoms with Crippen LogP contribution in [0.25, 0.3) is 0 Å². The number of hydrogen-bond acceptors (Lipinski definition) is 3. The summed E-state index contributed by atoms with van der Waals surface area (Å²) in [5, 5.41) is 5.41. The molecule has 0 saturated carbocycles. The van der Waals surface area contributed by atoms with Gasteiger partial charge in [-0.3, -0.25) is 0 Å². The molecule has 0 amide bonds. The van der Waals surface area contributed by atoms with Gasteiger partial charge in [0.25, 0.3) is 0 Å². The van der Waals surface area contributed by atoms with Crippen LogP contribution in [-0.4, -0.2) is 13.1 Å². The largest absolute Gasteiger partial charge is 0.378 e. The molecule has 1 N–H and O–H groups in total. The molecule has 0 bridgehead atoms. The maximum Gasteiger partial charge on any atom is 0.148 e. The van der Waals surface area contributed by atoms with Crippen LogP contribution in [0.4, 0.5) is 15.8 Å². The van der Waals surface area contributed by atoms with E-state index in [2.05, 4.69) is 28.6 Å². The number of thiophene rings is 1. The molecular weight excluding hydrogens is 271 g/mol. The zero-order valence-corrected chi connectivity index (χ0v) is 12.4. The summed E-state index contributed by atoms with van der Waals surface area (Å²) in [5.74, 6) is -0.129. The van der Waals surface area contributed by atoms with Crippen LogP contribution in [0.5, 0.6) is 0 Å². The van der Waals surface area contributed by atoms with Crippen LogP contribution in [0.1, 0.15) is 30.7 Å². The zero-order valence-electron chi connectivity index (χ0n) is 11.6. The van der Waals surface area contributed by atoms with Crippen molar-refractivity contribution in [2.75, 3.05) is 23.3 Å². The van der Waals surface area contributed by atoms with Crippen LogP contribution in [0.3, 0.4) is 0 Å². The molecule has 2 nitrogen and oxygen atoms in total. The maximum atomic E-state index is 14.2. The molecule has 2 aromatic rings. The van der Waals surface area contributed by atoms with Crippen molar-refractivity contribution in [3.63, 3.8) is 0 Å². The summed E-state index contributed by atoms with van der Waals surface area (Å²) < 4.78 is 14.2. The quantitative estimate of drug-likeness (QED) is 0.881. The summed E-state index contributed by atoms with van der Waals surface area (Å²) in [6.07, 6.45) is 2.32. The molecule has 1 saturated heterocycles. The lowest BCUT2D eigenvalue weighted by molar-refractivity contribution is 0.623. The molecule has 4 heteroatoms. The highest BCUT2D eigenvalue weighted by atomic mass is 32.1. The molecule has 1 aromatic heterocycles. The van der Waals surface area contributed by atoms with Gasteiger partial charge in [0, 0.05) is 23.7 Å². The second kappa shape index (κ2) is 5.83. The van der Waals surface area contributed by atoms with Gasteiger partial charge in [-0.2, -0.15) is 0 Å². The Hall–Kier alpha value is -1.55. The van der Waals surface area contributed by atoms with Crippen LogP contribution < -0.4 is 10.2 Å². The van der Waals surface area contributed by atoms with E-state index in [-0.39, 0.29) is 11.9 Å². The molecule has 1 aliphatic rings. The Kier molecular flexibility index (Phi) is 3.92. The lowest BCUT2D eigenvalue weighted by Crippen LogP contribution is -2.19. The number of nitrogens with one attached hydrogen (secondary N) is 1. The first-order valence-electron chi connectivity index (χ1n) is 7.08. The minimum absolute atomic E-state index is 0.129. The smallest absolute Gasteiger partial charge is 0.148 e. The van der Waals surface area contributed by atoms with E-state index in [1.165, 1.54) is 4.88 Å². The lowest BCUT2D eigenvalue weighted by atomic mass is 10.2. The summed E-state index contributed by atoms with van der Waals surface area (Å²) in [7, 11) is 0. The highest BCUT2D eigenvalue weighted by molar-refractivity contribution is 7.10. The Morgan fingerprint density at radius 1 is 1.25 bits per heavy atom. The molecule has 0 radical (unpaired) electrons. The van der Waals surface area contributed by atoms with Crippen molar-refractivity contribution < 1.29 is 4.39 Å². The third kappa shape index (κ3) is 2.80. The van der Waals surface area contributed by atoms with Crippen molar-refractivity contribution in [1.82, 2.24) is 0 Å². The number of halogens is 1. The topological polar surface area (TPSA) is 15.3 Å². The van der Waals surface area contributed by atoms with Crippen LogP contribution in [0.15, 0.2) is 35.7 Å². The Morgan fingerprint density at radius 3 is 2.70 bits per heavy atom. The Morgan fingerprint density at radius 2 is 2.05 bits per heavy atom. The van der Waals surface area contributed by atoms with E-state index in [1.807, 2.05) is 18.2 Å². The molecule has 1 aliphatic heterocycles. The highest BCUT2D eigenvalue weighted by Crippen LogP contribution is 2.28. The van der Waals surface area contributed by atoms with Crippen molar-refractivity contribution in [1.29, 1.82) is 0 Å². The summed E-state index contributed by atoms with van der Waals surface area (Å²) >= 11 is 1.71. The Labute approximate surface area is 123 Å². The summed E-state index contributed by atoms with van der Waals surface area (Å²) in [6, 6.07) is 9.81. The van der Waals surface area contributed by atoms with Crippen LogP contribution in [-0.2, 0) is 0 Å². The fourth-order valence-electron chi connectivity index (χ4n) is 2.67. The second-order valence-electron chi connectivity index (χ2n) is 5.24. The van der Waals surface area contributed by atoms with Gasteiger partial charge < -0.3 is 10.2 Å². The predicted octanol–water partition coefficient (Wildman–Crippen LogP) is 4.66. The van der Waals surface area contributed by atoms with Gasteiger partial charge in [-0.05, 0) is 49.4 Å². The number of nitrogens with zero attached hydrogens (tertiary/aromatic N) is 1. The third-order valence-electron chi connectivity index (χ3n) is 3.75. The first kappa shape index (κ1) is 13.4. The Balaban J connectivity index is 1.73. The molecule has 0 aliphatic carbocycles. The standard InChI is InChI=1S/C16H19FN2S/c1-12(16-5-4-10-20-16)18-13-6-7-15(14(17)11-13)19-8-2-3-9-19/h4-7,10-12,18H,2-3,8-9H2,1H3. The molecule has 1 fully saturated rings. The lowest BCUT2D eigenvalue weighted by Gasteiger charge is -2.20. The van der Waals surface area contributed by atoms with E-state index in [4.69, 9.17) is 0 Å². The van der Waals surface area contributed by atoms with Gasteiger partial charge in [0.05, 0.1) is 11.7 Å². The highest BCUT2D eigenvalue weighted by Gasteiger charge is 2.16. The minimum atomic E-state index is -0.129. The van der Waals surface area contributed by atoms with Gasteiger partial charge in [-0.25, -0.2) is 4.39 Å². The van der Waals surface area contributed by atoms with Crippen LogP contribution >= 0.6 is 11.3 Å². The SMILES string of the molecule is CC(Nc1ccc(N2CCCC2)c(F)c1)c1cccs1. The Bertz CT molecular complexity index is 562. The minimum Gasteiger partial charge on any atom is -0.378 e. The van der Waals surface area contributed by atoms with Gasteiger partial charge in [0.1, 0.15) is 5.82 Å². The number of benzene rings is 1. The fourth-order valence-corrected chi connectivity index (χ4v) is 3.40. The van der Waals surface area contributed by atoms with E-state index < -0.39 is 0 Å². The van der Waals surface area contributed by atoms with Gasteiger partial charge >= 0.3 is 0 Å². The van der Waals surface area contributed by atoms with Crippen molar-refractivity contribution in [2.24, 2.45) is 0 Å². The molecule has 2 heterocycles. The average molecular weight is 290 g/mol. The molecule has 1 unspecified atom stereocenters. The van der Waals surface area contributed by atoms with Crippen molar-refractivity contribution in [2.45, 2.75) is 25.8 Å². The van der Waals surface area contributed by atoms with Crippen LogP contribution in [0.2, 0.25) is 0 Å². The molecule has 106 valence electrons. The van der Waals surface area contributed by atoms with Crippen molar-refractivity contribution in [3.8, 4) is 0 Å². The first-order chi connectivity index (χ1) is 9.74. The number of hydrogen-bond donors (Lipinski definition) is 1. The maximum absolute atomic E-state index is 14.2. The monoisotopic (exact) mass is 290 g/mol. The van der Waals surface area contributed by atoms with Gasteiger partial charge in [0.15, 0.2) is 0 Å². The summed E-state index contributed by atoms with van der Waals surface area (Å²) in [4.78, 5) is 3.39. The average Bonchev–Trinajstić information content (AvgIpc) is 3.12. The number of anilines is 2. The molecule has 1 aromatic carbocycles. The van der Waals surface area contributed by atoms with E-state index in [9.17, 15) is 4.39 Å². The molecule has 20 heavy (non-hydrogen) atoms. The molecule has 1 atom stereocenters. The predicted molar refractivity (Wildman–Crippen MR) is 84.2 cm³/mol. The first-order valence-corrected chi connectivity index (χ1v) is 7.96. The fraction of sp³-hybridized carbons (Fsp3) is 0.375.